The zero-order valence-electron chi connectivity index (χ0n) is 25.0. The summed E-state index contributed by atoms with van der Waals surface area (Å²) >= 11 is 0. The van der Waals surface area contributed by atoms with Gasteiger partial charge in [-0.15, -0.1) is 0 Å². The minimum Gasteiger partial charge on any atom is -0.459 e. The Morgan fingerprint density at radius 2 is 1.96 bits per heavy atom. The van der Waals surface area contributed by atoms with Crippen molar-refractivity contribution in [1.29, 1.82) is 0 Å². The number of pyridine rings is 1. The zero-order valence-corrected chi connectivity index (χ0v) is 25.0. The molecule has 3 aromatic rings. The van der Waals surface area contributed by atoms with Crippen molar-refractivity contribution in [2.75, 3.05) is 11.9 Å². The van der Waals surface area contributed by atoms with Crippen molar-refractivity contribution in [3.63, 3.8) is 0 Å². The number of nitrogens with zero attached hydrogens (tertiary/aromatic N) is 2. The first-order chi connectivity index (χ1) is 22.1. The highest BCUT2D eigenvalue weighted by Gasteiger charge is 2.30. The summed E-state index contributed by atoms with van der Waals surface area (Å²) in [4.78, 5) is 65.0. The Balaban J connectivity index is 1.43. The number of benzene rings is 1. The van der Waals surface area contributed by atoms with Crippen molar-refractivity contribution in [2.24, 2.45) is 5.92 Å². The Hall–Kier alpha value is -5.14. The lowest BCUT2D eigenvalue weighted by Gasteiger charge is -2.25. The van der Waals surface area contributed by atoms with E-state index in [4.69, 9.17) is 9.26 Å². The summed E-state index contributed by atoms with van der Waals surface area (Å²) in [5.41, 5.74) is -0.784. The van der Waals surface area contributed by atoms with Gasteiger partial charge in [0.25, 0.3) is 11.5 Å². The van der Waals surface area contributed by atoms with E-state index in [9.17, 15) is 32.8 Å². The highest BCUT2D eigenvalue weighted by molar-refractivity contribution is 6.02. The first-order valence-corrected chi connectivity index (χ1v) is 14.9. The minimum absolute atomic E-state index is 0.0650. The normalized spacial score (nSPS) is 17.6. The molecule has 242 valence electrons. The smallest absolute Gasteiger partial charge is 0.330 e. The van der Waals surface area contributed by atoms with Crippen molar-refractivity contribution in [3.8, 4) is 0 Å². The van der Waals surface area contributed by atoms with E-state index in [1.165, 1.54) is 42.6 Å². The van der Waals surface area contributed by atoms with Crippen LogP contribution in [0, 0.1) is 24.5 Å². The number of aryl methyl sites for hydroxylation is 1. The molecule has 0 spiro atoms. The second kappa shape index (κ2) is 14.3. The maximum atomic E-state index is 14.2. The molecule has 3 heterocycles. The number of esters is 1. The van der Waals surface area contributed by atoms with Crippen LogP contribution in [0.1, 0.15) is 60.0 Å². The summed E-state index contributed by atoms with van der Waals surface area (Å²) in [7, 11) is 0. The Bertz CT molecular complexity index is 1710. The summed E-state index contributed by atoms with van der Waals surface area (Å²) in [6, 6.07) is 5.15. The molecule has 3 N–H and O–H groups in total. The highest BCUT2D eigenvalue weighted by atomic mass is 19.2. The molecule has 46 heavy (non-hydrogen) atoms. The van der Waals surface area contributed by atoms with Gasteiger partial charge in [0, 0.05) is 43.3 Å². The third-order valence-corrected chi connectivity index (χ3v) is 7.96. The van der Waals surface area contributed by atoms with Gasteiger partial charge in [0.1, 0.15) is 23.6 Å². The molecule has 1 saturated heterocycles. The number of rotatable bonds is 12. The van der Waals surface area contributed by atoms with Crippen molar-refractivity contribution < 1.29 is 37.2 Å². The van der Waals surface area contributed by atoms with E-state index in [1.807, 2.05) is 0 Å². The van der Waals surface area contributed by atoms with Gasteiger partial charge in [-0.25, -0.2) is 13.6 Å². The molecule has 14 heteroatoms. The van der Waals surface area contributed by atoms with Crippen LogP contribution in [0.3, 0.4) is 0 Å². The van der Waals surface area contributed by atoms with Gasteiger partial charge in [0.2, 0.25) is 11.8 Å². The molecule has 3 amide bonds. The molecule has 1 saturated carbocycles. The molecule has 2 fully saturated rings. The van der Waals surface area contributed by atoms with Crippen LogP contribution >= 0.6 is 0 Å². The molecule has 2 aromatic heterocycles. The lowest BCUT2D eigenvalue weighted by Crippen LogP contribution is -2.43. The highest BCUT2D eigenvalue weighted by Crippen LogP contribution is 2.23. The SMILES string of the molecule is Cc1cc(C(=O)Nc2cccn([C@@H](Cc3ccc(F)c(F)c3)C(=O)N[C@H](C=CC(=O)OC3CCC3)C[C@@H]3CCNC3=O)c2=O)no1. The molecular weight excluding hydrogens is 604 g/mol. The maximum Gasteiger partial charge on any atom is 0.330 e. The van der Waals surface area contributed by atoms with E-state index >= 15 is 0 Å². The number of amides is 3. The Kier molecular flexibility index (Phi) is 10.0. The predicted molar refractivity (Wildman–Crippen MR) is 160 cm³/mol. The van der Waals surface area contributed by atoms with Crippen LogP contribution in [-0.4, -0.2) is 52.1 Å². The van der Waals surface area contributed by atoms with Crippen molar-refractivity contribution in [2.45, 2.75) is 63.6 Å². The number of anilines is 1. The second-order valence-electron chi connectivity index (χ2n) is 11.4. The number of hydrogen-bond donors (Lipinski definition) is 3. The fourth-order valence-electron chi connectivity index (χ4n) is 5.25. The van der Waals surface area contributed by atoms with Gasteiger partial charge < -0.3 is 29.8 Å². The van der Waals surface area contributed by atoms with Crippen LogP contribution in [0.2, 0.25) is 0 Å². The van der Waals surface area contributed by atoms with E-state index < -0.39 is 53.0 Å². The van der Waals surface area contributed by atoms with Crippen molar-refractivity contribution in [1.82, 2.24) is 20.4 Å². The lowest BCUT2D eigenvalue weighted by atomic mass is 9.96. The summed E-state index contributed by atoms with van der Waals surface area (Å²) < 4.78 is 39.2. The Labute approximate surface area is 262 Å². The van der Waals surface area contributed by atoms with E-state index in [-0.39, 0.29) is 41.8 Å². The van der Waals surface area contributed by atoms with Crippen LogP contribution in [-0.2, 0) is 25.5 Å². The molecular formula is C32H33F2N5O7. The average Bonchev–Trinajstić information content (AvgIpc) is 3.63. The van der Waals surface area contributed by atoms with Gasteiger partial charge in [-0.1, -0.05) is 17.3 Å². The fraction of sp³-hybridized carbons (Fsp3) is 0.375. The topological polar surface area (TPSA) is 162 Å². The van der Waals surface area contributed by atoms with Crippen LogP contribution in [0.5, 0.6) is 0 Å². The van der Waals surface area contributed by atoms with Gasteiger partial charge in [-0.2, -0.15) is 0 Å². The van der Waals surface area contributed by atoms with Gasteiger partial charge >= 0.3 is 5.97 Å². The fourth-order valence-corrected chi connectivity index (χ4v) is 5.25. The van der Waals surface area contributed by atoms with Gasteiger partial charge in [0.15, 0.2) is 17.3 Å². The molecule has 0 unspecified atom stereocenters. The largest absolute Gasteiger partial charge is 0.459 e. The molecule has 1 aliphatic heterocycles. The number of hydrogen-bond acceptors (Lipinski definition) is 8. The molecule has 12 nitrogen and oxygen atoms in total. The molecule has 5 rings (SSSR count). The van der Waals surface area contributed by atoms with Gasteiger partial charge in [-0.05, 0) is 68.9 Å². The van der Waals surface area contributed by atoms with E-state index in [0.29, 0.717) is 18.7 Å². The van der Waals surface area contributed by atoms with Gasteiger partial charge in [0.05, 0.1) is 0 Å². The minimum atomic E-state index is -1.32. The van der Waals surface area contributed by atoms with Crippen molar-refractivity contribution in [3.05, 3.63) is 93.8 Å². The average molecular weight is 638 g/mol. The standard InChI is InChI=1S/C32H33F2N5O7/c1-18-14-26(38-46-18)30(42)37-25-6-3-13-39(32(25)44)27(16-19-7-9-23(33)24(34)15-19)31(43)36-21(17-20-11-12-35-29(20)41)8-10-28(40)45-22-4-2-5-22/h3,6-10,13-15,20-22,27H,2,4-5,11-12,16-17H2,1H3,(H,35,41)(H,36,43)(H,37,42)/t20-,21+,27-/m0/s1. The van der Waals surface area contributed by atoms with E-state index in [0.717, 1.165) is 36.0 Å². The monoisotopic (exact) mass is 637 g/mol. The number of aromatic nitrogens is 2. The molecule has 1 aromatic carbocycles. The third kappa shape index (κ3) is 7.92. The second-order valence-corrected chi connectivity index (χ2v) is 11.4. The van der Waals surface area contributed by atoms with Crippen LogP contribution in [0.4, 0.5) is 14.5 Å². The Morgan fingerprint density at radius 1 is 1.15 bits per heavy atom. The number of nitrogens with one attached hydrogen (secondary N) is 3. The Morgan fingerprint density at radius 3 is 2.61 bits per heavy atom. The summed E-state index contributed by atoms with van der Waals surface area (Å²) in [5.74, 6) is -4.47. The van der Waals surface area contributed by atoms with Crippen LogP contribution in [0.15, 0.2) is 64.1 Å². The zero-order chi connectivity index (χ0) is 32.8. The molecule has 0 bridgehead atoms. The first-order valence-electron chi connectivity index (χ1n) is 14.9. The molecule has 0 radical (unpaired) electrons. The van der Waals surface area contributed by atoms with Crippen molar-refractivity contribution >= 4 is 29.4 Å². The quantitative estimate of drug-likeness (QED) is 0.202. The maximum absolute atomic E-state index is 14.2. The van der Waals surface area contributed by atoms with E-state index in [2.05, 4.69) is 21.1 Å². The van der Waals surface area contributed by atoms with Crippen LogP contribution in [0.25, 0.3) is 0 Å². The predicted octanol–water partition coefficient (Wildman–Crippen LogP) is 3.12. The molecule has 1 aliphatic carbocycles. The number of ether oxygens (including phenoxy) is 1. The summed E-state index contributed by atoms with van der Waals surface area (Å²) in [6.07, 6.45) is 6.79. The van der Waals surface area contributed by atoms with E-state index in [1.54, 1.807) is 6.92 Å². The van der Waals surface area contributed by atoms with Crippen LogP contribution < -0.4 is 21.5 Å². The molecule has 3 atom stereocenters. The first kappa shape index (κ1) is 32.3. The summed E-state index contributed by atoms with van der Waals surface area (Å²) in [5, 5.41) is 11.7. The number of halogens is 2. The third-order valence-electron chi connectivity index (χ3n) is 7.96. The lowest BCUT2D eigenvalue weighted by molar-refractivity contribution is -0.146. The number of carbonyl (C=O) groups is 4. The number of carbonyl (C=O) groups excluding carboxylic acids is 4. The molecule has 2 aliphatic rings. The van der Waals surface area contributed by atoms with Gasteiger partial charge in [-0.3, -0.25) is 19.2 Å². The summed E-state index contributed by atoms with van der Waals surface area (Å²) in [6.45, 7) is 2.07.